The van der Waals surface area contributed by atoms with E-state index in [1.54, 1.807) is 5.38 Å². The Morgan fingerprint density at radius 3 is 3.00 bits per heavy atom. The lowest BCUT2D eigenvalue weighted by Crippen LogP contribution is -2.16. The molecule has 0 atom stereocenters. The summed E-state index contributed by atoms with van der Waals surface area (Å²) in [7, 11) is 0. The van der Waals surface area contributed by atoms with Gasteiger partial charge < -0.3 is 15.2 Å². The Hall–Kier alpha value is -2.66. The first kappa shape index (κ1) is 13.8. The number of ether oxygens (including phenoxy) is 2. The van der Waals surface area contributed by atoms with Crippen LogP contribution in [0.4, 0.5) is 9.18 Å². The predicted molar refractivity (Wildman–Crippen MR) is 68.1 cm³/mol. The average Bonchev–Trinajstić information content (AvgIpc) is 2.80. The lowest BCUT2D eigenvalue weighted by atomic mass is 10.3. The van der Waals surface area contributed by atoms with Crippen LogP contribution in [0.15, 0.2) is 23.6 Å². The van der Waals surface area contributed by atoms with E-state index in [1.165, 1.54) is 23.5 Å². The Morgan fingerprint density at radius 2 is 2.35 bits per heavy atom. The van der Waals surface area contributed by atoms with E-state index in [-0.39, 0.29) is 17.9 Å². The highest BCUT2D eigenvalue weighted by Crippen LogP contribution is 2.28. The van der Waals surface area contributed by atoms with Crippen molar-refractivity contribution < 1.29 is 18.7 Å². The van der Waals surface area contributed by atoms with Gasteiger partial charge in [0.15, 0.2) is 11.6 Å². The number of halogens is 1. The molecule has 0 radical (unpaired) electrons. The largest absolute Gasteiger partial charge is 0.431 e. The quantitative estimate of drug-likeness (QED) is 0.934. The van der Waals surface area contributed by atoms with Gasteiger partial charge >= 0.3 is 6.09 Å². The number of primary amides is 1. The van der Waals surface area contributed by atoms with E-state index in [4.69, 9.17) is 15.7 Å². The second-order valence-corrected chi connectivity index (χ2v) is 4.38. The lowest BCUT2D eigenvalue weighted by Gasteiger charge is -2.05. The number of rotatable bonds is 4. The van der Waals surface area contributed by atoms with Crippen LogP contribution in [-0.4, -0.2) is 11.1 Å². The molecular weight excluding hydrogens is 285 g/mol. The van der Waals surface area contributed by atoms with Crippen LogP contribution in [0, 0.1) is 17.1 Å². The first-order valence-electron chi connectivity index (χ1n) is 5.34. The van der Waals surface area contributed by atoms with Crippen LogP contribution in [0.25, 0.3) is 0 Å². The smallest absolute Gasteiger partial charge is 0.410 e. The summed E-state index contributed by atoms with van der Waals surface area (Å²) in [6, 6.07) is 5.64. The standard InChI is InChI=1S/C12H8FN3O3S/c13-9-5-8(1-2-10(9)19-11(15)17)18-12-16-7(3-4-14)6-20-12/h1-2,5-6H,3H2,(H2,15,17). The van der Waals surface area contributed by atoms with E-state index in [0.29, 0.717) is 10.9 Å². The monoisotopic (exact) mass is 293 g/mol. The minimum Gasteiger partial charge on any atom is -0.431 e. The summed E-state index contributed by atoms with van der Waals surface area (Å²) in [5.41, 5.74) is 5.38. The average molecular weight is 293 g/mol. The maximum absolute atomic E-state index is 13.6. The summed E-state index contributed by atoms with van der Waals surface area (Å²) in [5.74, 6) is -0.874. The van der Waals surface area contributed by atoms with Crippen molar-refractivity contribution in [3.8, 4) is 22.8 Å². The molecule has 1 heterocycles. The van der Waals surface area contributed by atoms with E-state index in [9.17, 15) is 9.18 Å². The van der Waals surface area contributed by atoms with Crippen LogP contribution in [0.2, 0.25) is 0 Å². The van der Waals surface area contributed by atoms with Gasteiger partial charge in [0.1, 0.15) is 5.75 Å². The molecule has 8 heteroatoms. The zero-order valence-electron chi connectivity index (χ0n) is 10.00. The second kappa shape index (κ2) is 5.99. The molecular formula is C12H8FN3O3S. The van der Waals surface area contributed by atoms with Gasteiger partial charge in [0.25, 0.3) is 5.19 Å². The molecule has 2 rings (SSSR count). The molecule has 0 aliphatic rings. The van der Waals surface area contributed by atoms with Crippen LogP contribution in [0.5, 0.6) is 16.7 Å². The Morgan fingerprint density at radius 1 is 1.55 bits per heavy atom. The number of carbonyl (C=O) groups excluding carboxylic acids is 1. The van der Waals surface area contributed by atoms with E-state index in [0.717, 1.165) is 6.07 Å². The van der Waals surface area contributed by atoms with Gasteiger partial charge in [-0.05, 0) is 12.1 Å². The summed E-state index contributed by atoms with van der Waals surface area (Å²) in [4.78, 5) is 14.6. The molecule has 0 aliphatic heterocycles. The van der Waals surface area contributed by atoms with Crippen LogP contribution in [0.3, 0.4) is 0 Å². The Kier molecular flexibility index (Phi) is 4.12. The van der Waals surface area contributed by atoms with Gasteiger partial charge in [0.05, 0.1) is 18.2 Å². The summed E-state index contributed by atoms with van der Waals surface area (Å²) in [5, 5.41) is 10.5. The van der Waals surface area contributed by atoms with Gasteiger partial charge in [-0.1, -0.05) is 11.3 Å². The third-order valence-corrected chi connectivity index (χ3v) is 2.88. The normalized spacial score (nSPS) is 9.80. The van der Waals surface area contributed by atoms with Crippen molar-refractivity contribution in [2.45, 2.75) is 6.42 Å². The third kappa shape index (κ3) is 3.43. The van der Waals surface area contributed by atoms with E-state index >= 15 is 0 Å². The molecule has 2 N–H and O–H groups in total. The highest BCUT2D eigenvalue weighted by atomic mass is 32.1. The molecule has 0 aliphatic carbocycles. The van der Waals surface area contributed by atoms with Crippen molar-refractivity contribution in [3.05, 3.63) is 35.1 Å². The van der Waals surface area contributed by atoms with Crippen LogP contribution < -0.4 is 15.2 Å². The number of carbonyl (C=O) groups is 1. The number of hydrogen-bond donors (Lipinski definition) is 1. The zero-order chi connectivity index (χ0) is 14.5. The van der Waals surface area contributed by atoms with E-state index in [1.807, 2.05) is 6.07 Å². The zero-order valence-corrected chi connectivity index (χ0v) is 10.8. The fraction of sp³-hybridized carbons (Fsp3) is 0.0833. The van der Waals surface area contributed by atoms with Gasteiger partial charge in [-0.2, -0.15) is 5.26 Å². The molecule has 0 saturated carbocycles. The van der Waals surface area contributed by atoms with Crippen molar-refractivity contribution in [1.29, 1.82) is 5.26 Å². The summed E-state index contributed by atoms with van der Waals surface area (Å²) < 4.78 is 23.3. The Bertz CT molecular complexity index is 681. The first-order valence-corrected chi connectivity index (χ1v) is 6.22. The van der Waals surface area contributed by atoms with E-state index < -0.39 is 11.9 Å². The van der Waals surface area contributed by atoms with Crippen molar-refractivity contribution in [3.63, 3.8) is 0 Å². The van der Waals surface area contributed by atoms with E-state index in [2.05, 4.69) is 9.72 Å². The van der Waals surface area contributed by atoms with Crippen LogP contribution in [-0.2, 0) is 6.42 Å². The second-order valence-electron chi connectivity index (χ2n) is 3.56. The molecule has 1 aromatic heterocycles. The number of amides is 1. The molecule has 1 aromatic carbocycles. The first-order chi connectivity index (χ1) is 9.58. The van der Waals surface area contributed by atoms with Crippen molar-refractivity contribution >= 4 is 17.4 Å². The molecule has 2 aromatic rings. The number of hydrogen-bond acceptors (Lipinski definition) is 6. The highest BCUT2D eigenvalue weighted by molar-refractivity contribution is 7.11. The fourth-order valence-corrected chi connectivity index (χ4v) is 2.02. The highest BCUT2D eigenvalue weighted by Gasteiger charge is 2.10. The van der Waals surface area contributed by atoms with Gasteiger partial charge in [-0.25, -0.2) is 14.2 Å². The lowest BCUT2D eigenvalue weighted by molar-refractivity contribution is 0.208. The summed E-state index contributed by atoms with van der Waals surface area (Å²) >= 11 is 1.19. The maximum atomic E-state index is 13.6. The number of thiazole rings is 1. The predicted octanol–water partition coefficient (Wildman–Crippen LogP) is 2.60. The van der Waals surface area contributed by atoms with Crippen LogP contribution >= 0.6 is 11.3 Å². The fourth-order valence-electron chi connectivity index (χ4n) is 1.33. The van der Waals surface area contributed by atoms with Gasteiger partial charge in [0.2, 0.25) is 0 Å². The SMILES string of the molecule is N#CCc1csc(Oc2ccc(OC(N)=O)c(F)c2)n1. The van der Waals surface area contributed by atoms with Gasteiger partial charge in [0, 0.05) is 11.4 Å². The topological polar surface area (TPSA) is 98.2 Å². The minimum atomic E-state index is -1.10. The Labute approximate surface area is 117 Å². The molecule has 6 nitrogen and oxygen atoms in total. The van der Waals surface area contributed by atoms with Crippen molar-refractivity contribution in [2.75, 3.05) is 0 Å². The minimum absolute atomic E-state index is 0.180. The van der Waals surface area contributed by atoms with Crippen molar-refractivity contribution in [2.24, 2.45) is 5.73 Å². The molecule has 0 saturated heterocycles. The molecule has 0 fully saturated rings. The number of aromatic nitrogens is 1. The molecule has 20 heavy (non-hydrogen) atoms. The molecule has 0 bridgehead atoms. The number of nitriles is 1. The molecule has 102 valence electrons. The van der Waals surface area contributed by atoms with Gasteiger partial charge in [-0.3, -0.25) is 0 Å². The summed E-state index contributed by atoms with van der Waals surface area (Å²) in [6.07, 6.45) is -0.918. The third-order valence-electron chi connectivity index (χ3n) is 2.11. The number of nitrogens with two attached hydrogens (primary N) is 1. The van der Waals surface area contributed by atoms with Crippen molar-refractivity contribution in [1.82, 2.24) is 4.98 Å². The molecule has 1 amide bonds. The van der Waals surface area contributed by atoms with Gasteiger partial charge in [-0.15, -0.1) is 0 Å². The number of nitrogens with zero attached hydrogens (tertiary/aromatic N) is 2. The molecule has 0 unspecified atom stereocenters. The summed E-state index contributed by atoms with van der Waals surface area (Å²) in [6.45, 7) is 0. The Balaban J connectivity index is 2.11. The maximum Gasteiger partial charge on any atom is 0.410 e. The van der Waals surface area contributed by atoms with Crippen LogP contribution in [0.1, 0.15) is 5.69 Å². The number of benzene rings is 1. The molecule has 0 spiro atoms.